The molecule has 0 amide bonds. The molecular formula is C20H24O6. The summed E-state index contributed by atoms with van der Waals surface area (Å²) in [7, 11) is 3.00. The summed E-state index contributed by atoms with van der Waals surface area (Å²) in [6.45, 7) is 0.996. The molecule has 0 aliphatic carbocycles. The lowest BCUT2D eigenvalue weighted by Crippen LogP contribution is -2.24. The number of carbonyl (C=O) groups is 1. The van der Waals surface area contributed by atoms with E-state index in [0.29, 0.717) is 43.3 Å². The van der Waals surface area contributed by atoms with Gasteiger partial charge in [-0.15, -0.1) is 0 Å². The molecule has 0 saturated carbocycles. The fourth-order valence-electron chi connectivity index (χ4n) is 2.42. The molecule has 2 aromatic carbocycles. The first-order valence-electron chi connectivity index (χ1n) is 8.37. The van der Waals surface area contributed by atoms with Crippen LogP contribution in [0.15, 0.2) is 48.5 Å². The fraction of sp³-hybridized carbons (Fsp3) is 0.350. The van der Waals surface area contributed by atoms with Crippen molar-refractivity contribution < 1.29 is 28.8 Å². The van der Waals surface area contributed by atoms with Gasteiger partial charge in [-0.05, 0) is 29.8 Å². The standard InChI is InChI=1S/C20H24O6/c1-23-17-9-3-4-10-18(17)26-12-6-11-25-16-8-5-7-15(13-16)14-19(24-2)20(21)22/h3-5,7-10,13,19H,6,11-12,14H2,1-2H3,(H,21,22). The van der Waals surface area contributed by atoms with E-state index in [1.165, 1.54) is 7.11 Å². The smallest absolute Gasteiger partial charge is 0.333 e. The van der Waals surface area contributed by atoms with Crippen LogP contribution in [0.25, 0.3) is 0 Å². The monoisotopic (exact) mass is 360 g/mol. The first-order valence-corrected chi connectivity index (χ1v) is 8.37. The van der Waals surface area contributed by atoms with Gasteiger partial charge in [0.2, 0.25) is 0 Å². The van der Waals surface area contributed by atoms with Gasteiger partial charge in [-0.3, -0.25) is 0 Å². The number of ether oxygens (including phenoxy) is 4. The molecular weight excluding hydrogens is 336 g/mol. The highest BCUT2D eigenvalue weighted by molar-refractivity contribution is 5.72. The van der Waals surface area contributed by atoms with Crippen LogP contribution in [0.3, 0.4) is 0 Å². The second kappa shape index (κ2) is 10.3. The number of carboxylic acids is 1. The maximum absolute atomic E-state index is 11.0. The predicted octanol–water partition coefficient (Wildman–Crippen LogP) is 3.19. The molecule has 6 heteroatoms. The van der Waals surface area contributed by atoms with E-state index in [0.717, 1.165) is 5.56 Å². The number of aliphatic carboxylic acids is 1. The molecule has 26 heavy (non-hydrogen) atoms. The van der Waals surface area contributed by atoms with Gasteiger partial charge in [0.25, 0.3) is 0 Å². The second-order valence-electron chi connectivity index (χ2n) is 5.62. The Morgan fingerprint density at radius 3 is 2.42 bits per heavy atom. The van der Waals surface area contributed by atoms with Gasteiger partial charge in [0, 0.05) is 20.0 Å². The summed E-state index contributed by atoms with van der Waals surface area (Å²) in [4.78, 5) is 11.0. The Morgan fingerprint density at radius 2 is 1.73 bits per heavy atom. The summed E-state index contributed by atoms with van der Waals surface area (Å²) < 4.78 is 21.6. The maximum Gasteiger partial charge on any atom is 0.333 e. The maximum atomic E-state index is 11.0. The van der Waals surface area contributed by atoms with Gasteiger partial charge in [0.15, 0.2) is 17.6 Å². The largest absolute Gasteiger partial charge is 0.493 e. The van der Waals surface area contributed by atoms with Gasteiger partial charge in [0.05, 0.1) is 20.3 Å². The van der Waals surface area contributed by atoms with E-state index in [9.17, 15) is 4.79 Å². The zero-order valence-electron chi connectivity index (χ0n) is 15.0. The number of carboxylic acid groups (broad SMARTS) is 1. The third kappa shape index (κ3) is 5.97. The number of hydrogen-bond donors (Lipinski definition) is 1. The topological polar surface area (TPSA) is 74.2 Å². The highest BCUT2D eigenvalue weighted by Crippen LogP contribution is 2.25. The van der Waals surface area contributed by atoms with Crippen LogP contribution in [0, 0.1) is 0 Å². The first kappa shape index (κ1) is 19.6. The Bertz CT molecular complexity index is 700. The minimum absolute atomic E-state index is 0.292. The Hall–Kier alpha value is -2.73. The van der Waals surface area contributed by atoms with Gasteiger partial charge < -0.3 is 24.1 Å². The molecule has 0 aliphatic rings. The molecule has 0 heterocycles. The zero-order valence-corrected chi connectivity index (χ0v) is 15.0. The number of rotatable bonds is 11. The lowest BCUT2D eigenvalue weighted by atomic mass is 10.1. The van der Waals surface area contributed by atoms with Crippen LogP contribution >= 0.6 is 0 Å². The van der Waals surface area contributed by atoms with E-state index >= 15 is 0 Å². The molecule has 140 valence electrons. The Kier molecular flexibility index (Phi) is 7.76. The zero-order chi connectivity index (χ0) is 18.8. The minimum Gasteiger partial charge on any atom is -0.493 e. The van der Waals surface area contributed by atoms with Gasteiger partial charge in [-0.25, -0.2) is 4.79 Å². The van der Waals surface area contributed by atoms with Crippen LogP contribution in [0.4, 0.5) is 0 Å². The number of para-hydroxylation sites is 2. The molecule has 0 spiro atoms. The number of hydrogen-bond acceptors (Lipinski definition) is 5. The molecule has 0 aromatic heterocycles. The van der Waals surface area contributed by atoms with Crippen LogP contribution in [0.5, 0.6) is 17.2 Å². The second-order valence-corrected chi connectivity index (χ2v) is 5.62. The van der Waals surface area contributed by atoms with Crippen molar-refractivity contribution in [3.05, 3.63) is 54.1 Å². The quantitative estimate of drug-likeness (QED) is 0.621. The molecule has 2 aromatic rings. The Labute approximate surface area is 153 Å². The van der Waals surface area contributed by atoms with E-state index < -0.39 is 12.1 Å². The average molecular weight is 360 g/mol. The van der Waals surface area contributed by atoms with Gasteiger partial charge in [-0.2, -0.15) is 0 Å². The lowest BCUT2D eigenvalue weighted by Gasteiger charge is -2.12. The molecule has 1 unspecified atom stereocenters. The van der Waals surface area contributed by atoms with Gasteiger partial charge in [-0.1, -0.05) is 24.3 Å². The Morgan fingerprint density at radius 1 is 1.00 bits per heavy atom. The summed E-state index contributed by atoms with van der Waals surface area (Å²) in [6.07, 6.45) is 0.136. The molecule has 6 nitrogen and oxygen atoms in total. The van der Waals surface area contributed by atoms with Crippen molar-refractivity contribution in [3.63, 3.8) is 0 Å². The highest BCUT2D eigenvalue weighted by atomic mass is 16.5. The molecule has 0 fully saturated rings. The third-order valence-electron chi connectivity index (χ3n) is 3.76. The van der Waals surface area contributed by atoms with Crippen molar-refractivity contribution in [1.82, 2.24) is 0 Å². The Balaban J connectivity index is 1.77. The predicted molar refractivity (Wildman–Crippen MR) is 97.2 cm³/mol. The molecule has 0 aliphatic heterocycles. The summed E-state index contributed by atoms with van der Waals surface area (Å²) in [6, 6.07) is 14.9. The van der Waals surface area contributed by atoms with Crippen LogP contribution < -0.4 is 14.2 Å². The molecule has 1 atom stereocenters. The summed E-state index contributed by atoms with van der Waals surface area (Å²) in [5.41, 5.74) is 0.849. The number of benzene rings is 2. The average Bonchev–Trinajstić information content (AvgIpc) is 2.66. The van der Waals surface area contributed by atoms with Crippen molar-refractivity contribution in [2.75, 3.05) is 27.4 Å². The lowest BCUT2D eigenvalue weighted by molar-refractivity contribution is -0.148. The van der Waals surface area contributed by atoms with E-state index in [1.54, 1.807) is 7.11 Å². The van der Waals surface area contributed by atoms with Crippen LogP contribution in [-0.4, -0.2) is 44.6 Å². The first-order chi connectivity index (χ1) is 12.6. The normalized spacial score (nSPS) is 11.6. The van der Waals surface area contributed by atoms with Crippen LogP contribution in [-0.2, 0) is 16.0 Å². The summed E-state index contributed by atoms with van der Waals surface area (Å²) in [5.74, 6) is 1.12. The highest BCUT2D eigenvalue weighted by Gasteiger charge is 2.16. The third-order valence-corrected chi connectivity index (χ3v) is 3.76. The SMILES string of the molecule is COc1ccccc1OCCCOc1cccc(CC(OC)C(=O)O)c1. The van der Waals surface area contributed by atoms with Gasteiger partial charge >= 0.3 is 5.97 Å². The van der Waals surface area contributed by atoms with Crippen molar-refractivity contribution >= 4 is 5.97 Å². The van der Waals surface area contributed by atoms with Crippen molar-refractivity contribution in [1.29, 1.82) is 0 Å². The van der Waals surface area contributed by atoms with E-state index in [4.69, 9.17) is 24.1 Å². The molecule has 0 bridgehead atoms. The van der Waals surface area contributed by atoms with Crippen LogP contribution in [0.1, 0.15) is 12.0 Å². The summed E-state index contributed by atoms with van der Waals surface area (Å²) >= 11 is 0. The van der Waals surface area contributed by atoms with E-state index in [1.807, 2.05) is 48.5 Å². The van der Waals surface area contributed by atoms with Crippen LogP contribution in [0.2, 0.25) is 0 Å². The number of methoxy groups -OCH3 is 2. The molecule has 1 N–H and O–H groups in total. The summed E-state index contributed by atoms with van der Waals surface area (Å²) in [5, 5.41) is 9.06. The van der Waals surface area contributed by atoms with Gasteiger partial charge in [0.1, 0.15) is 5.75 Å². The van der Waals surface area contributed by atoms with Crippen molar-refractivity contribution in [3.8, 4) is 17.2 Å². The van der Waals surface area contributed by atoms with Crippen molar-refractivity contribution in [2.24, 2.45) is 0 Å². The molecule has 0 radical (unpaired) electrons. The molecule has 0 saturated heterocycles. The molecule has 2 rings (SSSR count). The van der Waals surface area contributed by atoms with E-state index in [2.05, 4.69) is 0 Å². The van der Waals surface area contributed by atoms with Crippen molar-refractivity contribution in [2.45, 2.75) is 18.9 Å². The minimum atomic E-state index is -0.979. The van der Waals surface area contributed by atoms with E-state index in [-0.39, 0.29) is 0 Å². The fourth-order valence-corrected chi connectivity index (χ4v) is 2.42.